The molecule has 0 N–H and O–H groups in total. The standard InChI is InChI=1S/C9H17NO2S/c1-3-4-5-6-7-9(13-2)8-10(11)12/h8H,3-7H2,1-2H3/b9-8-. The zero-order valence-corrected chi connectivity index (χ0v) is 9.10. The summed E-state index contributed by atoms with van der Waals surface area (Å²) >= 11 is 1.48. The van der Waals surface area contributed by atoms with Gasteiger partial charge in [-0.25, -0.2) is 0 Å². The zero-order chi connectivity index (χ0) is 10.1. The number of thioether (sulfide) groups is 1. The quantitative estimate of drug-likeness (QED) is 0.361. The molecular weight excluding hydrogens is 186 g/mol. The second-order valence-corrected chi connectivity index (χ2v) is 3.83. The summed E-state index contributed by atoms with van der Waals surface area (Å²) in [6, 6.07) is 0. The molecule has 0 aromatic carbocycles. The molecule has 0 aromatic heterocycles. The lowest BCUT2D eigenvalue weighted by Crippen LogP contribution is -1.88. The number of nitrogens with zero attached hydrogens (tertiary/aromatic N) is 1. The lowest BCUT2D eigenvalue weighted by Gasteiger charge is -1.99. The molecule has 0 heterocycles. The summed E-state index contributed by atoms with van der Waals surface area (Å²) in [5.74, 6) is 0. The third kappa shape index (κ3) is 7.84. The Hall–Kier alpha value is -0.510. The second-order valence-electron chi connectivity index (χ2n) is 2.90. The van der Waals surface area contributed by atoms with Gasteiger partial charge >= 0.3 is 0 Å². The van der Waals surface area contributed by atoms with Gasteiger partial charge in [-0.15, -0.1) is 11.8 Å². The summed E-state index contributed by atoms with van der Waals surface area (Å²) in [4.78, 5) is 10.7. The van der Waals surface area contributed by atoms with Crippen molar-refractivity contribution in [1.82, 2.24) is 0 Å². The van der Waals surface area contributed by atoms with Crippen molar-refractivity contribution < 1.29 is 4.92 Å². The molecule has 0 aliphatic heterocycles. The van der Waals surface area contributed by atoms with E-state index in [1.807, 2.05) is 6.26 Å². The average Bonchev–Trinajstić information content (AvgIpc) is 2.09. The van der Waals surface area contributed by atoms with E-state index in [0.29, 0.717) is 0 Å². The van der Waals surface area contributed by atoms with E-state index >= 15 is 0 Å². The highest BCUT2D eigenvalue weighted by molar-refractivity contribution is 8.02. The maximum atomic E-state index is 10.2. The molecule has 0 bridgehead atoms. The molecule has 0 atom stereocenters. The van der Waals surface area contributed by atoms with Gasteiger partial charge in [0, 0.05) is 0 Å². The minimum atomic E-state index is -0.369. The molecule has 0 amide bonds. The van der Waals surface area contributed by atoms with Crippen molar-refractivity contribution in [2.75, 3.05) is 6.26 Å². The van der Waals surface area contributed by atoms with Crippen molar-refractivity contribution in [2.45, 2.75) is 39.0 Å². The first-order valence-corrected chi connectivity index (χ1v) is 5.81. The maximum absolute atomic E-state index is 10.2. The van der Waals surface area contributed by atoms with E-state index in [1.165, 1.54) is 31.0 Å². The Morgan fingerprint density at radius 1 is 1.46 bits per heavy atom. The predicted molar refractivity (Wildman–Crippen MR) is 57.4 cm³/mol. The van der Waals surface area contributed by atoms with E-state index in [4.69, 9.17) is 0 Å². The molecule has 0 fully saturated rings. The Morgan fingerprint density at radius 2 is 2.15 bits per heavy atom. The van der Waals surface area contributed by atoms with Crippen LogP contribution in [-0.4, -0.2) is 11.2 Å². The van der Waals surface area contributed by atoms with Crippen LogP contribution < -0.4 is 0 Å². The molecule has 0 aliphatic rings. The highest BCUT2D eigenvalue weighted by Crippen LogP contribution is 2.19. The lowest BCUT2D eigenvalue weighted by atomic mass is 10.1. The van der Waals surface area contributed by atoms with Crippen LogP contribution in [0.4, 0.5) is 0 Å². The molecule has 13 heavy (non-hydrogen) atoms. The Morgan fingerprint density at radius 3 is 2.62 bits per heavy atom. The summed E-state index contributed by atoms with van der Waals surface area (Å²) in [6.45, 7) is 2.16. The van der Waals surface area contributed by atoms with Crippen LogP contribution in [-0.2, 0) is 0 Å². The van der Waals surface area contributed by atoms with Crippen molar-refractivity contribution in [3.05, 3.63) is 21.2 Å². The Bertz CT molecular complexity index is 180. The van der Waals surface area contributed by atoms with Crippen LogP contribution in [0.2, 0.25) is 0 Å². The van der Waals surface area contributed by atoms with E-state index in [2.05, 4.69) is 6.92 Å². The van der Waals surface area contributed by atoms with Gasteiger partial charge in [0.25, 0.3) is 0 Å². The van der Waals surface area contributed by atoms with Gasteiger partial charge in [-0.3, -0.25) is 10.1 Å². The largest absolute Gasteiger partial charge is 0.259 e. The van der Waals surface area contributed by atoms with Gasteiger partial charge in [0.1, 0.15) is 0 Å². The number of unbranched alkanes of at least 4 members (excludes halogenated alkanes) is 3. The first-order valence-electron chi connectivity index (χ1n) is 4.59. The first-order chi connectivity index (χ1) is 6.20. The van der Waals surface area contributed by atoms with Gasteiger partial charge in [0.2, 0.25) is 6.20 Å². The summed E-state index contributed by atoms with van der Waals surface area (Å²) < 4.78 is 0. The second kappa shape index (κ2) is 8.10. The van der Waals surface area contributed by atoms with Crippen molar-refractivity contribution >= 4 is 11.8 Å². The normalized spacial score (nSPS) is 11.7. The fourth-order valence-electron chi connectivity index (χ4n) is 1.06. The van der Waals surface area contributed by atoms with Crippen LogP contribution in [0.3, 0.4) is 0 Å². The van der Waals surface area contributed by atoms with Crippen molar-refractivity contribution in [1.29, 1.82) is 0 Å². The molecule has 3 nitrogen and oxygen atoms in total. The van der Waals surface area contributed by atoms with Crippen LogP contribution in [0.1, 0.15) is 39.0 Å². The molecular formula is C9H17NO2S. The van der Waals surface area contributed by atoms with Crippen LogP contribution in [0, 0.1) is 10.1 Å². The fourth-order valence-corrected chi connectivity index (χ4v) is 1.60. The van der Waals surface area contributed by atoms with Crippen LogP contribution in [0.15, 0.2) is 11.1 Å². The highest BCUT2D eigenvalue weighted by Gasteiger charge is 2.00. The summed E-state index contributed by atoms with van der Waals surface area (Å²) in [5.41, 5.74) is 0. The van der Waals surface area contributed by atoms with Gasteiger partial charge in [-0.1, -0.05) is 26.2 Å². The molecule has 0 unspecified atom stereocenters. The monoisotopic (exact) mass is 203 g/mol. The molecule has 0 spiro atoms. The zero-order valence-electron chi connectivity index (χ0n) is 8.28. The summed E-state index contributed by atoms with van der Waals surface area (Å²) in [7, 11) is 0. The van der Waals surface area contributed by atoms with Crippen LogP contribution in [0.5, 0.6) is 0 Å². The van der Waals surface area contributed by atoms with Gasteiger partial charge < -0.3 is 0 Å². The Kier molecular flexibility index (Phi) is 7.79. The molecule has 76 valence electrons. The predicted octanol–water partition coefficient (Wildman–Crippen LogP) is 3.44. The van der Waals surface area contributed by atoms with E-state index in [0.717, 1.165) is 23.9 Å². The molecule has 0 aliphatic carbocycles. The Balaban J connectivity index is 3.66. The van der Waals surface area contributed by atoms with E-state index in [1.54, 1.807) is 0 Å². The fraction of sp³-hybridized carbons (Fsp3) is 0.778. The van der Waals surface area contributed by atoms with Gasteiger partial charge in [0.05, 0.1) is 9.83 Å². The van der Waals surface area contributed by atoms with E-state index in [-0.39, 0.29) is 4.92 Å². The number of allylic oxidation sites excluding steroid dienone is 1. The lowest BCUT2D eigenvalue weighted by molar-refractivity contribution is -0.403. The molecule has 0 radical (unpaired) electrons. The smallest absolute Gasteiger partial charge is 0.243 e. The van der Waals surface area contributed by atoms with E-state index in [9.17, 15) is 10.1 Å². The minimum absolute atomic E-state index is 0.369. The van der Waals surface area contributed by atoms with E-state index < -0.39 is 0 Å². The maximum Gasteiger partial charge on any atom is 0.243 e. The number of rotatable bonds is 7. The number of hydrogen-bond donors (Lipinski definition) is 0. The van der Waals surface area contributed by atoms with Crippen molar-refractivity contribution in [3.63, 3.8) is 0 Å². The van der Waals surface area contributed by atoms with Gasteiger partial charge in [-0.05, 0) is 19.1 Å². The molecule has 0 aromatic rings. The van der Waals surface area contributed by atoms with Crippen molar-refractivity contribution in [2.24, 2.45) is 0 Å². The number of hydrogen-bond acceptors (Lipinski definition) is 3. The topological polar surface area (TPSA) is 43.1 Å². The third-order valence-electron chi connectivity index (χ3n) is 1.79. The highest BCUT2D eigenvalue weighted by atomic mass is 32.2. The average molecular weight is 203 g/mol. The molecule has 4 heteroatoms. The molecule has 0 rings (SSSR count). The summed E-state index contributed by atoms with van der Waals surface area (Å²) in [5, 5.41) is 10.2. The minimum Gasteiger partial charge on any atom is -0.259 e. The van der Waals surface area contributed by atoms with Crippen LogP contribution >= 0.6 is 11.8 Å². The molecule has 0 saturated carbocycles. The van der Waals surface area contributed by atoms with Gasteiger partial charge in [-0.2, -0.15) is 0 Å². The van der Waals surface area contributed by atoms with Crippen LogP contribution in [0.25, 0.3) is 0 Å². The van der Waals surface area contributed by atoms with Gasteiger partial charge in [0.15, 0.2) is 0 Å². The SMILES string of the molecule is CCCCCC/C(=C/[N+](=O)[O-])SC. The third-order valence-corrected chi connectivity index (χ3v) is 2.62. The first kappa shape index (κ1) is 12.5. The summed E-state index contributed by atoms with van der Waals surface area (Å²) in [6.07, 6.45) is 8.52. The van der Waals surface area contributed by atoms with Crippen molar-refractivity contribution in [3.8, 4) is 0 Å². The number of nitro groups is 1. The molecule has 0 saturated heterocycles. The Labute approximate surface area is 83.7 Å².